The molecule has 0 aromatic carbocycles. The molecule has 1 heterocycles. The molecule has 0 spiro atoms. The summed E-state index contributed by atoms with van der Waals surface area (Å²) in [5, 5.41) is 2.94. The van der Waals surface area contributed by atoms with Gasteiger partial charge in [-0.25, -0.2) is 4.79 Å². The van der Waals surface area contributed by atoms with Crippen molar-refractivity contribution >= 4 is 6.03 Å². The van der Waals surface area contributed by atoms with Gasteiger partial charge in [-0.3, -0.25) is 0 Å². The Balaban J connectivity index is 2.51. The van der Waals surface area contributed by atoms with Crippen LogP contribution in [0.1, 0.15) is 33.6 Å². The molecular formula is C11H23N3O. The third kappa shape index (κ3) is 2.84. The average Bonchev–Trinajstić information content (AvgIpc) is 2.57. The molecule has 2 amide bonds. The van der Waals surface area contributed by atoms with Crippen LogP contribution in [0.15, 0.2) is 0 Å². The number of amides is 2. The maximum absolute atomic E-state index is 11.9. The SMILES string of the molecule is CC(C)CNC(=O)N1CCCC1(C)CN. The van der Waals surface area contributed by atoms with Gasteiger partial charge in [0.15, 0.2) is 0 Å². The maximum atomic E-state index is 11.9. The smallest absolute Gasteiger partial charge is 0.317 e. The molecule has 1 aliphatic rings. The van der Waals surface area contributed by atoms with E-state index in [2.05, 4.69) is 26.1 Å². The number of carbonyl (C=O) groups excluding carboxylic acids is 1. The van der Waals surface area contributed by atoms with E-state index in [9.17, 15) is 4.79 Å². The molecule has 3 N–H and O–H groups in total. The number of rotatable bonds is 3. The highest BCUT2D eigenvalue weighted by atomic mass is 16.2. The van der Waals surface area contributed by atoms with Crippen LogP contribution in [0.5, 0.6) is 0 Å². The number of nitrogens with zero attached hydrogens (tertiary/aromatic N) is 1. The van der Waals surface area contributed by atoms with E-state index in [4.69, 9.17) is 5.73 Å². The van der Waals surface area contributed by atoms with Crippen molar-refractivity contribution in [1.82, 2.24) is 10.2 Å². The Kier molecular flexibility index (Phi) is 3.97. The van der Waals surface area contributed by atoms with Crippen molar-refractivity contribution in [2.45, 2.75) is 39.2 Å². The van der Waals surface area contributed by atoms with Crippen molar-refractivity contribution in [2.24, 2.45) is 11.7 Å². The zero-order valence-corrected chi connectivity index (χ0v) is 10.0. The van der Waals surface area contributed by atoms with E-state index in [-0.39, 0.29) is 11.6 Å². The number of nitrogens with one attached hydrogen (secondary N) is 1. The summed E-state index contributed by atoms with van der Waals surface area (Å²) >= 11 is 0. The Morgan fingerprint density at radius 1 is 1.60 bits per heavy atom. The molecule has 0 aromatic rings. The molecule has 1 fully saturated rings. The highest BCUT2D eigenvalue weighted by Crippen LogP contribution is 2.27. The van der Waals surface area contributed by atoms with Crippen molar-refractivity contribution in [3.8, 4) is 0 Å². The first kappa shape index (κ1) is 12.3. The first-order valence-electron chi connectivity index (χ1n) is 5.75. The van der Waals surface area contributed by atoms with Crippen LogP contribution in [-0.2, 0) is 0 Å². The fourth-order valence-electron chi connectivity index (χ4n) is 1.97. The number of urea groups is 1. The summed E-state index contributed by atoms with van der Waals surface area (Å²) in [6, 6.07) is 0.0363. The van der Waals surface area contributed by atoms with Gasteiger partial charge in [-0.2, -0.15) is 0 Å². The van der Waals surface area contributed by atoms with Crippen molar-refractivity contribution < 1.29 is 4.79 Å². The zero-order chi connectivity index (χ0) is 11.5. The summed E-state index contributed by atoms with van der Waals surface area (Å²) in [6.45, 7) is 8.35. The number of carbonyl (C=O) groups is 1. The lowest BCUT2D eigenvalue weighted by Gasteiger charge is -2.34. The summed E-state index contributed by atoms with van der Waals surface area (Å²) in [4.78, 5) is 13.8. The minimum atomic E-state index is -0.138. The minimum absolute atomic E-state index is 0.0363. The van der Waals surface area contributed by atoms with Crippen molar-refractivity contribution in [3.05, 3.63) is 0 Å². The predicted octanol–water partition coefficient (Wildman–Crippen LogP) is 1.17. The fraction of sp³-hybridized carbons (Fsp3) is 0.909. The Hall–Kier alpha value is -0.770. The first-order chi connectivity index (χ1) is 6.99. The van der Waals surface area contributed by atoms with Crippen LogP contribution in [0, 0.1) is 5.92 Å². The second-order valence-electron chi connectivity index (χ2n) is 5.04. The van der Waals surface area contributed by atoms with Gasteiger partial charge in [-0.1, -0.05) is 13.8 Å². The zero-order valence-electron chi connectivity index (χ0n) is 10.0. The molecular weight excluding hydrogens is 190 g/mol. The number of likely N-dealkylation sites (tertiary alicyclic amines) is 1. The molecule has 0 radical (unpaired) electrons. The molecule has 0 saturated carbocycles. The summed E-state index contributed by atoms with van der Waals surface area (Å²) in [7, 11) is 0. The lowest BCUT2D eigenvalue weighted by Crippen LogP contribution is -2.53. The molecule has 0 bridgehead atoms. The highest BCUT2D eigenvalue weighted by molar-refractivity contribution is 5.75. The Morgan fingerprint density at radius 3 is 2.80 bits per heavy atom. The Labute approximate surface area is 92.2 Å². The normalized spacial score (nSPS) is 26.1. The molecule has 4 nitrogen and oxygen atoms in total. The molecule has 1 aliphatic heterocycles. The van der Waals surface area contributed by atoms with E-state index in [1.165, 1.54) is 0 Å². The highest BCUT2D eigenvalue weighted by Gasteiger charge is 2.38. The largest absolute Gasteiger partial charge is 0.338 e. The minimum Gasteiger partial charge on any atom is -0.338 e. The van der Waals surface area contributed by atoms with Gasteiger partial charge in [0.1, 0.15) is 0 Å². The summed E-state index contributed by atoms with van der Waals surface area (Å²) in [5.41, 5.74) is 5.59. The standard InChI is InChI=1S/C11H23N3O/c1-9(2)7-13-10(15)14-6-4-5-11(14,3)8-12/h9H,4-8,12H2,1-3H3,(H,13,15). The van der Waals surface area contributed by atoms with E-state index in [1.807, 2.05) is 4.90 Å². The van der Waals surface area contributed by atoms with Gasteiger partial charge in [0.25, 0.3) is 0 Å². The van der Waals surface area contributed by atoms with Gasteiger partial charge in [-0.05, 0) is 25.7 Å². The van der Waals surface area contributed by atoms with E-state index >= 15 is 0 Å². The van der Waals surface area contributed by atoms with Crippen molar-refractivity contribution in [1.29, 1.82) is 0 Å². The Morgan fingerprint density at radius 2 is 2.27 bits per heavy atom. The van der Waals surface area contributed by atoms with Crippen LogP contribution >= 0.6 is 0 Å². The molecule has 1 unspecified atom stereocenters. The lowest BCUT2D eigenvalue weighted by atomic mass is 10.00. The van der Waals surface area contributed by atoms with Crippen molar-refractivity contribution in [3.63, 3.8) is 0 Å². The van der Waals surface area contributed by atoms with Crippen LogP contribution < -0.4 is 11.1 Å². The predicted molar refractivity (Wildman–Crippen MR) is 61.6 cm³/mol. The number of hydrogen-bond acceptors (Lipinski definition) is 2. The molecule has 1 saturated heterocycles. The van der Waals surface area contributed by atoms with Gasteiger partial charge in [0.05, 0.1) is 5.54 Å². The molecule has 1 atom stereocenters. The van der Waals surface area contributed by atoms with E-state index in [0.717, 1.165) is 25.9 Å². The average molecular weight is 213 g/mol. The number of hydrogen-bond donors (Lipinski definition) is 2. The van der Waals surface area contributed by atoms with Gasteiger partial charge in [0, 0.05) is 19.6 Å². The summed E-state index contributed by atoms with van der Waals surface area (Å²) < 4.78 is 0. The Bertz CT molecular complexity index is 230. The fourth-order valence-corrected chi connectivity index (χ4v) is 1.97. The molecule has 15 heavy (non-hydrogen) atoms. The number of nitrogens with two attached hydrogens (primary N) is 1. The third-order valence-electron chi connectivity index (χ3n) is 3.10. The molecule has 1 rings (SSSR count). The van der Waals surface area contributed by atoms with Crippen LogP contribution in [0.4, 0.5) is 4.79 Å². The van der Waals surface area contributed by atoms with Gasteiger partial charge in [0.2, 0.25) is 0 Å². The van der Waals surface area contributed by atoms with Gasteiger partial charge < -0.3 is 16.0 Å². The van der Waals surface area contributed by atoms with Crippen LogP contribution in [0.25, 0.3) is 0 Å². The van der Waals surface area contributed by atoms with Crippen LogP contribution in [-0.4, -0.2) is 36.1 Å². The molecule has 88 valence electrons. The van der Waals surface area contributed by atoms with Gasteiger partial charge >= 0.3 is 6.03 Å². The molecule has 0 aromatic heterocycles. The van der Waals surface area contributed by atoms with E-state index < -0.39 is 0 Å². The van der Waals surface area contributed by atoms with Crippen LogP contribution in [0.3, 0.4) is 0 Å². The summed E-state index contributed by atoms with van der Waals surface area (Å²) in [6.07, 6.45) is 2.07. The topological polar surface area (TPSA) is 58.4 Å². The maximum Gasteiger partial charge on any atom is 0.317 e. The van der Waals surface area contributed by atoms with Crippen LogP contribution in [0.2, 0.25) is 0 Å². The molecule has 0 aliphatic carbocycles. The monoisotopic (exact) mass is 213 g/mol. The second-order valence-corrected chi connectivity index (χ2v) is 5.04. The molecule has 4 heteroatoms. The summed E-state index contributed by atoms with van der Waals surface area (Å²) in [5.74, 6) is 0.487. The third-order valence-corrected chi connectivity index (χ3v) is 3.10. The second kappa shape index (κ2) is 4.84. The van der Waals surface area contributed by atoms with Gasteiger partial charge in [-0.15, -0.1) is 0 Å². The van der Waals surface area contributed by atoms with E-state index in [0.29, 0.717) is 12.5 Å². The quantitative estimate of drug-likeness (QED) is 0.739. The van der Waals surface area contributed by atoms with E-state index in [1.54, 1.807) is 0 Å². The lowest BCUT2D eigenvalue weighted by molar-refractivity contribution is 0.158. The first-order valence-corrected chi connectivity index (χ1v) is 5.75. The van der Waals surface area contributed by atoms with Crippen molar-refractivity contribution in [2.75, 3.05) is 19.6 Å².